The number of furan rings is 1. The van der Waals surface area contributed by atoms with Gasteiger partial charge in [0.2, 0.25) is 11.7 Å². The monoisotopic (exact) mass is 350 g/mol. The number of benzene rings is 1. The van der Waals surface area contributed by atoms with Crippen LogP contribution in [-0.4, -0.2) is 52.2 Å². The van der Waals surface area contributed by atoms with E-state index in [2.05, 4.69) is 44.2 Å². The van der Waals surface area contributed by atoms with E-state index in [0.29, 0.717) is 30.1 Å². The number of aromatic nitrogens is 2. The van der Waals surface area contributed by atoms with Crippen LogP contribution in [0.1, 0.15) is 17.0 Å². The van der Waals surface area contributed by atoms with Crippen LogP contribution < -0.4 is 0 Å². The van der Waals surface area contributed by atoms with Crippen molar-refractivity contribution < 1.29 is 8.94 Å². The van der Waals surface area contributed by atoms with Gasteiger partial charge in [0.15, 0.2) is 5.76 Å². The van der Waals surface area contributed by atoms with Crippen LogP contribution in [-0.2, 0) is 19.4 Å². The van der Waals surface area contributed by atoms with Gasteiger partial charge in [0.05, 0.1) is 12.8 Å². The summed E-state index contributed by atoms with van der Waals surface area (Å²) in [5, 5.41) is 4.01. The van der Waals surface area contributed by atoms with Crippen molar-refractivity contribution in [3.63, 3.8) is 0 Å². The van der Waals surface area contributed by atoms with Crippen LogP contribution in [0.4, 0.5) is 0 Å². The fourth-order valence-electron chi connectivity index (χ4n) is 4.10. The van der Waals surface area contributed by atoms with Gasteiger partial charge in [0, 0.05) is 32.2 Å². The lowest BCUT2D eigenvalue weighted by Gasteiger charge is -2.37. The van der Waals surface area contributed by atoms with Crippen LogP contribution in [0.25, 0.3) is 11.6 Å². The Morgan fingerprint density at radius 3 is 2.42 bits per heavy atom. The molecule has 0 atom stereocenters. The maximum absolute atomic E-state index is 5.38. The molecule has 5 rings (SSSR count). The molecule has 1 aliphatic heterocycles. The Hall–Kier alpha value is -2.44. The molecule has 0 bridgehead atoms. The Morgan fingerprint density at radius 2 is 1.73 bits per heavy atom. The number of hydrogen-bond acceptors (Lipinski definition) is 6. The Balaban J connectivity index is 1.16. The van der Waals surface area contributed by atoms with E-state index in [-0.39, 0.29) is 0 Å². The van der Waals surface area contributed by atoms with Crippen molar-refractivity contribution in [1.29, 1.82) is 0 Å². The first kappa shape index (κ1) is 15.8. The summed E-state index contributed by atoms with van der Waals surface area (Å²) in [4.78, 5) is 9.47. The molecule has 1 saturated heterocycles. The van der Waals surface area contributed by atoms with Crippen molar-refractivity contribution in [3.05, 3.63) is 59.7 Å². The molecule has 1 aliphatic carbocycles. The molecule has 2 aromatic heterocycles. The molecule has 2 aliphatic rings. The lowest BCUT2D eigenvalue weighted by Crippen LogP contribution is -2.50. The summed E-state index contributed by atoms with van der Waals surface area (Å²) in [6.07, 6.45) is 3.99. The van der Waals surface area contributed by atoms with E-state index >= 15 is 0 Å². The SMILES string of the molecule is c1coc(-c2noc(CN3CCN(C4Cc5ccccc5C4)CC3)n2)c1. The van der Waals surface area contributed by atoms with Crippen molar-refractivity contribution in [2.45, 2.75) is 25.4 Å². The van der Waals surface area contributed by atoms with E-state index in [1.54, 1.807) is 6.26 Å². The quantitative estimate of drug-likeness (QED) is 0.721. The highest BCUT2D eigenvalue weighted by atomic mass is 16.5. The van der Waals surface area contributed by atoms with Gasteiger partial charge >= 0.3 is 0 Å². The average Bonchev–Trinajstić information content (AvgIpc) is 3.42. The molecule has 0 spiro atoms. The molecular formula is C20H22N4O2. The molecule has 0 saturated carbocycles. The van der Waals surface area contributed by atoms with E-state index in [9.17, 15) is 0 Å². The largest absolute Gasteiger partial charge is 0.461 e. The second-order valence-corrected chi connectivity index (χ2v) is 7.13. The van der Waals surface area contributed by atoms with Gasteiger partial charge in [-0.05, 0) is 36.1 Å². The van der Waals surface area contributed by atoms with Gasteiger partial charge in [-0.2, -0.15) is 4.98 Å². The van der Waals surface area contributed by atoms with Crippen molar-refractivity contribution >= 4 is 0 Å². The molecule has 1 aromatic carbocycles. The maximum Gasteiger partial charge on any atom is 0.241 e. The number of piperazine rings is 1. The van der Waals surface area contributed by atoms with Crippen molar-refractivity contribution in [2.75, 3.05) is 26.2 Å². The average molecular weight is 350 g/mol. The highest BCUT2D eigenvalue weighted by Crippen LogP contribution is 2.26. The fraction of sp³-hybridized carbons (Fsp3) is 0.400. The number of nitrogens with zero attached hydrogens (tertiary/aromatic N) is 4. The van der Waals surface area contributed by atoms with Gasteiger partial charge in [-0.1, -0.05) is 29.4 Å². The van der Waals surface area contributed by atoms with Crippen LogP contribution in [0.15, 0.2) is 51.6 Å². The summed E-state index contributed by atoms with van der Waals surface area (Å²) in [6, 6.07) is 13.2. The molecule has 0 amide bonds. The third-order valence-electron chi connectivity index (χ3n) is 5.52. The zero-order valence-corrected chi connectivity index (χ0v) is 14.7. The van der Waals surface area contributed by atoms with Gasteiger partial charge in [-0.25, -0.2) is 0 Å². The second kappa shape index (κ2) is 6.70. The molecule has 3 aromatic rings. The highest BCUT2D eigenvalue weighted by Gasteiger charge is 2.29. The first-order valence-electron chi connectivity index (χ1n) is 9.25. The van der Waals surface area contributed by atoms with Crippen molar-refractivity contribution in [1.82, 2.24) is 19.9 Å². The third kappa shape index (κ3) is 3.06. The molecule has 0 N–H and O–H groups in total. The topological polar surface area (TPSA) is 58.5 Å². The lowest BCUT2D eigenvalue weighted by atomic mass is 10.1. The molecule has 1 fully saturated rings. The normalized spacial score (nSPS) is 19.1. The molecular weight excluding hydrogens is 328 g/mol. The van der Waals surface area contributed by atoms with E-state index in [4.69, 9.17) is 8.94 Å². The van der Waals surface area contributed by atoms with E-state index in [1.807, 2.05) is 12.1 Å². The Kier molecular flexibility index (Phi) is 4.07. The maximum atomic E-state index is 5.38. The summed E-state index contributed by atoms with van der Waals surface area (Å²) < 4.78 is 10.7. The van der Waals surface area contributed by atoms with E-state index < -0.39 is 0 Å². The molecule has 26 heavy (non-hydrogen) atoms. The first-order chi connectivity index (χ1) is 12.8. The standard InChI is InChI=1S/C20H22N4O2/c1-2-5-16-13-17(12-15(16)4-1)24-9-7-23(8-10-24)14-19-21-20(22-26-19)18-6-3-11-25-18/h1-6,11,17H,7-10,12-14H2. The molecule has 134 valence electrons. The van der Waals surface area contributed by atoms with Gasteiger partial charge < -0.3 is 8.94 Å². The first-order valence-corrected chi connectivity index (χ1v) is 9.25. The van der Waals surface area contributed by atoms with Gasteiger partial charge in [0.25, 0.3) is 0 Å². The van der Waals surface area contributed by atoms with Crippen LogP contribution in [0.5, 0.6) is 0 Å². The second-order valence-electron chi connectivity index (χ2n) is 7.13. The smallest absolute Gasteiger partial charge is 0.241 e. The molecule has 6 nitrogen and oxygen atoms in total. The minimum atomic E-state index is 0.521. The predicted molar refractivity (Wildman–Crippen MR) is 96.5 cm³/mol. The van der Waals surface area contributed by atoms with Gasteiger partial charge in [-0.15, -0.1) is 0 Å². The molecule has 0 unspecified atom stereocenters. The molecule has 6 heteroatoms. The summed E-state index contributed by atoms with van der Waals surface area (Å²) in [6.45, 7) is 4.96. The van der Waals surface area contributed by atoms with Crippen LogP contribution in [0.3, 0.4) is 0 Å². The highest BCUT2D eigenvalue weighted by molar-refractivity contribution is 5.44. The summed E-state index contributed by atoms with van der Waals surface area (Å²) in [5.41, 5.74) is 3.05. The van der Waals surface area contributed by atoms with Crippen LogP contribution >= 0.6 is 0 Å². The minimum Gasteiger partial charge on any atom is -0.461 e. The van der Waals surface area contributed by atoms with E-state index in [0.717, 1.165) is 26.2 Å². The van der Waals surface area contributed by atoms with Gasteiger partial charge in [0.1, 0.15) is 0 Å². The number of hydrogen-bond donors (Lipinski definition) is 0. The van der Waals surface area contributed by atoms with Crippen LogP contribution in [0, 0.1) is 0 Å². The zero-order valence-electron chi connectivity index (χ0n) is 14.7. The molecule has 3 heterocycles. The van der Waals surface area contributed by atoms with E-state index in [1.165, 1.54) is 24.0 Å². The minimum absolute atomic E-state index is 0.521. The summed E-state index contributed by atoms with van der Waals surface area (Å²) >= 11 is 0. The predicted octanol–water partition coefficient (Wildman–Crippen LogP) is 2.61. The van der Waals surface area contributed by atoms with Crippen molar-refractivity contribution in [2.24, 2.45) is 0 Å². The number of rotatable bonds is 4. The van der Waals surface area contributed by atoms with Crippen molar-refractivity contribution in [3.8, 4) is 11.6 Å². The zero-order chi connectivity index (χ0) is 17.3. The molecule has 0 radical (unpaired) electrons. The third-order valence-corrected chi connectivity index (χ3v) is 5.52. The Bertz CT molecular complexity index is 841. The fourth-order valence-corrected chi connectivity index (χ4v) is 4.10. The summed E-state index contributed by atoms with van der Waals surface area (Å²) in [5.74, 6) is 1.82. The lowest BCUT2D eigenvalue weighted by molar-refractivity contribution is 0.0879. The van der Waals surface area contributed by atoms with Crippen LogP contribution in [0.2, 0.25) is 0 Å². The Labute approximate surface area is 152 Å². The summed E-state index contributed by atoms with van der Waals surface area (Å²) in [7, 11) is 0. The Morgan fingerprint density at radius 1 is 0.962 bits per heavy atom. The number of fused-ring (bicyclic) bond motifs is 1. The van der Waals surface area contributed by atoms with Gasteiger partial charge in [-0.3, -0.25) is 9.80 Å².